The van der Waals surface area contributed by atoms with E-state index in [0.29, 0.717) is 18.1 Å². The Labute approximate surface area is 125 Å². The van der Waals surface area contributed by atoms with E-state index in [-0.39, 0.29) is 5.82 Å². The van der Waals surface area contributed by atoms with Crippen molar-refractivity contribution in [2.24, 2.45) is 0 Å². The molecule has 4 nitrogen and oxygen atoms in total. The Kier molecular flexibility index (Phi) is 2.96. The fraction of sp³-hybridized carbons (Fsp3) is 0.0588. The first-order chi connectivity index (χ1) is 10.8. The zero-order valence-electron chi connectivity index (χ0n) is 11.6. The summed E-state index contributed by atoms with van der Waals surface area (Å²) in [5.74, 6) is 1.09. The molecule has 4 rings (SSSR count). The van der Waals surface area contributed by atoms with Crippen molar-refractivity contribution in [3.05, 3.63) is 72.4 Å². The highest BCUT2D eigenvalue weighted by Gasteiger charge is 2.15. The molecule has 0 aliphatic rings. The van der Waals surface area contributed by atoms with Gasteiger partial charge < -0.3 is 8.98 Å². The zero-order valence-corrected chi connectivity index (χ0v) is 11.6. The molecule has 0 fully saturated rings. The van der Waals surface area contributed by atoms with Gasteiger partial charge in [-0.05, 0) is 42.0 Å². The third kappa shape index (κ3) is 2.16. The zero-order chi connectivity index (χ0) is 14.9. The Morgan fingerprint density at radius 1 is 1.09 bits per heavy atom. The van der Waals surface area contributed by atoms with Crippen LogP contribution in [-0.4, -0.2) is 14.5 Å². The van der Waals surface area contributed by atoms with E-state index in [4.69, 9.17) is 4.42 Å². The number of hydrogen-bond donors (Lipinski definition) is 0. The molecule has 0 radical (unpaired) electrons. The van der Waals surface area contributed by atoms with E-state index >= 15 is 0 Å². The lowest BCUT2D eigenvalue weighted by atomic mass is 10.2. The summed E-state index contributed by atoms with van der Waals surface area (Å²) in [6, 6.07) is 13.9. The van der Waals surface area contributed by atoms with Gasteiger partial charge in [-0.2, -0.15) is 0 Å². The van der Waals surface area contributed by atoms with E-state index in [2.05, 4.69) is 9.97 Å². The first kappa shape index (κ1) is 12.8. The van der Waals surface area contributed by atoms with E-state index in [1.54, 1.807) is 18.5 Å². The van der Waals surface area contributed by atoms with Crippen LogP contribution in [0.15, 0.2) is 65.4 Å². The highest BCUT2D eigenvalue weighted by molar-refractivity contribution is 5.76. The van der Waals surface area contributed by atoms with Crippen molar-refractivity contribution < 1.29 is 8.81 Å². The third-order valence-corrected chi connectivity index (χ3v) is 3.48. The van der Waals surface area contributed by atoms with Crippen molar-refractivity contribution in [2.75, 3.05) is 0 Å². The summed E-state index contributed by atoms with van der Waals surface area (Å²) in [6.07, 6.45) is 3.33. The molecule has 3 aromatic heterocycles. The summed E-state index contributed by atoms with van der Waals surface area (Å²) in [4.78, 5) is 8.98. The molecule has 0 N–H and O–H groups in total. The van der Waals surface area contributed by atoms with Crippen LogP contribution in [0.2, 0.25) is 0 Å². The average molecular weight is 293 g/mol. The Morgan fingerprint density at radius 3 is 2.86 bits per heavy atom. The van der Waals surface area contributed by atoms with Crippen LogP contribution < -0.4 is 0 Å². The van der Waals surface area contributed by atoms with Crippen LogP contribution >= 0.6 is 0 Å². The van der Waals surface area contributed by atoms with E-state index < -0.39 is 0 Å². The molecule has 0 aliphatic heterocycles. The number of benzene rings is 1. The van der Waals surface area contributed by atoms with Gasteiger partial charge in [0.25, 0.3) is 0 Å². The van der Waals surface area contributed by atoms with Gasteiger partial charge in [-0.1, -0.05) is 12.1 Å². The predicted molar refractivity (Wildman–Crippen MR) is 80.7 cm³/mol. The Hall–Kier alpha value is -2.95. The number of hydrogen-bond acceptors (Lipinski definition) is 3. The number of imidazole rings is 1. The second-order valence-corrected chi connectivity index (χ2v) is 4.97. The molecule has 5 heteroatoms. The molecule has 1 aromatic carbocycles. The van der Waals surface area contributed by atoms with E-state index in [0.717, 1.165) is 16.7 Å². The number of aromatic nitrogens is 3. The van der Waals surface area contributed by atoms with Crippen LogP contribution in [0.3, 0.4) is 0 Å². The summed E-state index contributed by atoms with van der Waals surface area (Å²) >= 11 is 0. The second-order valence-electron chi connectivity index (χ2n) is 4.97. The Morgan fingerprint density at radius 2 is 2.05 bits per heavy atom. The number of pyridine rings is 1. The van der Waals surface area contributed by atoms with Gasteiger partial charge >= 0.3 is 0 Å². The van der Waals surface area contributed by atoms with Gasteiger partial charge in [0.1, 0.15) is 11.3 Å². The maximum absolute atomic E-state index is 13.4. The fourth-order valence-electron chi connectivity index (χ4n) is 2.52. The molecule has 108 valence electrons. The fourth-order valence-corrected chi connectivity index (χ4v) is 2.52. The van der Waals surface area contributed by atoms with Crippen molar-refractivity contribution in [3.63, 3.8) is 0 Å². The van der Waals surface area contributed by atoms with Gasteiger partial charge in [-0.25, -0.2) is 14.4 Å². The third-order valence-electron chi connectivity index (χ3n) is 3.48. The Balaban J connectivity index is 1.89. The van der Waals surface area contributed by atoms with Gasteiger partial charge in [0.2, 0.25) is 0 Å². The molecule has 0 spiro atoms. The largest absolute Gasteiger partial charge is 0.461 e. The highest BCUT2D eigenvalue weighted by atomic mass is 19.1. The molecular weight excluding hydrogens is 281 g/mol. The van der Waals surface area contributed by atoms with Crippen molar-refractivity contribution in [1.82, 2.24) is 14.5 Å². The first-order valence-corrected chi connectivity index (χ1v) is 6.91. The topological polar surface area (TPSA) is 43.9 Å². The van der Waals surface area contributed by atoms with Crippen molar-refractivity contribution in [1.29, 1.82) is 0 Å². The minimum atomic E-state index is -0.255. The molecule has 0 atom stereocenters. The summed E-state index contributed by atoms with van der Waals surface area (Å²) < 4.78 is 20.8. The maximum atomic E-state index is 13.4. The van der Waals surface area contributed by atoms with Crippen molar-refractivity contribution >= 4 is 11.2 Å². The van der Waals surface area contributed by atoms with Gasteiger partial charge in [-0.15, -0.1) is 0 Å². The standard InChI is InChI=1S/C17H12FN3O/c18-13-5-1-4-12(10-13)11-21-16-14(6-2-8-19-16)20-17(21)15-7-3-9-22-15/h1-10H,11H2. The monoisotopic (exact) mass is 293 g/mol. The number of nitrogens with zero attached hydrogens (tertiary/aromatic N) is 3. The normalized spacial score (nSPS) is 11.1. The predicted octanol–water partition coefficient (Wildman–Crippen LogP) is 3.88. The minimum Gasteiger partial charge on any atom is -0.461 e. The number of halogens is 1. The summed E-state index contributed by atoms with van der Waals surface area (Å²) in [5, 5.41) is 0. The van der Waals surface area contributed by atoms with E-state index in [9.17, 15) is 4.39 Å². The van der Waals surface area contributed by atoms with Gasteiger partial charge in [0, 0.05) is 6.20 Å². The van der Waals surface area contributed by atoms with Crippen LogP contribution in [0.5, 0.6) is 0 Å². The number of furan rings is 1. The van der Waals surface area contributed by atoms with Crippen LogP contribution in [0, 0.1) is 5.82 Å². The minimum absolute atomic E-state index is 0.255. The van der Waals surface area contributed by atoms with Crippen LogP contribution in [0.4, 0.5) is 4.39 Å². The van der Waals surface area contributed by atoms with Gasteiger partial charge in [-0.3, -0.25) is 0 Å². The molecule has 0 saturated carbocycles. The molecule has 0 bridgehead atoms. The molecule has 4 aromatic rings. The van der Waals surface area contributed by atoms with Gasteiger partial charge in [0.15, 0.2) is 17.2 Å². The highest BCUT2D eigenvalue weighted by Crippen LogP contribution is 2.25. The number of rotatable bonds is 3. The molecule has 0 unspecified atom stereocenters. The SMILES string of the molecule is Fc1cccc(Cn2c(-c3ccco3)nc3cccnc32)c1. The van der Waals surface area contributed by atoms with E-state index in [1.807, 2.05) is 34.9 Å². The molecule has 0 aliphatic carbocycles. The summed E-state index contributed by atoms with van der Waals surface area (Å²) in [7, 11) is 0. The lowest BCUT2D eigenvalue weighted by molar-refractivity contribution is 0.572. The lowest BCUT2D eigenvalue weighted by Crippen LogP contribution is -2.03. The van der Waals surface area contributed by atoms with Crippen LogP contribution in [0.25, 0.3) is 22.7 Å². The van der Waals surface area contributed by atoms with Crippen molar-refractivity contribution in [2.45, 2.75) is 6.54 Å². The molecular formula is C17H12FN3O. The quantitative estimate of drug-likeness (QED) is 0.576. The molecule has 0 saturated heterocycles. The number of fused-ring (bicyclic) bond motifs is 1. The van der Waals surface area contributed by atoms with Crippen LogP contribution in [0.1, 0.15) is 5.56 Å². The summed E-state index contributed by atoms with van der Waals surface area (Å²) in [6.45, 7) is 0.474. The van der Waals surface area contributed by atoms with Gasteiger partial charge in [0.05, 0.1) is 12.8 Å². The van der Waals surface area contributed by atoms with E-state index in [1.165, 1.54) is 12.1 Å². The molecule has 0 amide bonds. The maximum Gasteiger partial charge on any atom is 0.178 e. The second kappa shape index (κ2) is 5.11. The average Bonchev–Trinajstić information content (AvgIpc) is 3.15. The summed E-state index contributed by atoms with van der Waals surface area (Å²) in [5.41, 5.74) is 2.38. The smallest absolute Gasteiger partial charge is 0.178 e. The van der Waals surface area contributed by atoms with Crippen molar-refractivity contribution in [3.8, 4) is 11.6 Å². The lowest BCUT2D eigenvalue weighted by Gasteiger charge is -2.07. The Bertz CT molecular complexity index is 928. The molecule has 22 heavy (non-hydrogen) atoms. The first-order valence-electron chi connectivity index (χ1n) is 6.91. The van der Waals surface area contributed by atoms with Crippen LogP contribution in [-0.2, 0) is 6.54 Å². The molecule has 3 heterocycles.